The Kier molecular flexibility index (Phi) is 5.25. The quantitative estimate of drug-likeness (QED) is 0.576. The number of nitrogens with two attached hydrogens (primary N) is 1. The number of sulfonamides is 1. The fourth-order valence-electron chi connectivity index (χ4n) is 1.28. The Bertz CT molecular complexity index is 653. The number of sulfone groups is 1. The van der Waals surface area contributed by atoms with E-state index in [-0.39, 0.29) is 16.3 Å². The molecule has 0 fully saturated rings. The van der Waals surface area contributed by atoms with Crippen LogP contribution in [0.25, 0.3) is 0 Å². The Morgan fingerprint density at radius 3 is 2.37 bits per heavy atom. The van der Waals surface area contributed by atoms with Crippen molar-refractivity contribution < 1.29 is 16.8 Å². The summed E-state index contributed by atoms with van der Waals surface area (Å²) in [4.78, 5) is 0.749. The van der Waals surface area contributed by atoms with Crippen molar-refractivity contribution in [3.05, 3.63) is 18.2 Å². The molecular formula is C10H16N2O4S3. The zero-order valence-corrected chi connectivity index (χ0v) is 13.0. The van der Waals surface area contributed by atoms with E-state index in [1.165, 1.54) is 37.2 Å². The second kappa shape index (κ2) is 6.12. The van der Waals surface area contributed by atoms with Gasteiger partial charge in [-0.15, -0.1) is 11.8 Å². The summed E-state index contributed by atoms with van der Waals surface area (Å²) in [6.45, 7) is 0. The molecule has 0 amide bonds. The summed E-state index contributed by atoms with van der Waals surface area (Å²) >= 11 is 1.31. The summed E-state index contributed by atoms with van der Waals surface area (Å²) in [7, 11) is -5.26. The third kappa shape index (κ3) is 5.01. The van der Waals surface area contributed by atoms with Crippen LogP contribution >= 0.6 is 11.8 Å². The molecule has 0 bridgehead atoms. The molecule has 0 aliphatic rings. The van der Waals surface area contributed by atoms with Crippen LogP contribution in [0.15, 0.2) is 28.0 Å². The number of anilines is 1. The molecule has 0 aliphatic carbocycles. The van der Waals surface area contributed by atoms with Gasteiger partial charge in [0.1, 0.15) is 14.7 Å². The largest absolute Gasteiger partial charge is 0.398 e. The molecule has 3 N–H and O–H groups in total. The van der Waals surface area contributed by atoms with Gasteiger partial charge >= 0.3 is 0 Å². The maximum Gasteiger partial charge on any atom is 0.242 e. The summed E-state index contributed by atoms with van der Waals surface area (Å²) in [5.74, 6) is 0.463. The number of thioether (sulfide) groups is 1. The summed E-state index contributed by atoms with van der Waals surface area (Å²) in [5, 5.41) is 0. The lowest BCUT2D eigenvalue weighted by Crippen LogP contribution is -2.19. The van der Waals surface area contributed by atoms with Gasteiger partial charge in [0.15, 0.2) is 0 Å². The Hall–Kier alpha value is -0.770. The Balaban J connectivity index is 2.84. The highest BCUT2D eigenvalue weighted by molar-refractivity contribution is 8.00. The molecule has 1 rings (SSSR count). The van der Waals surface area contributed by atoms with Crippen LogP contribution in [0, 0.1) is 0 Å². The predicted octanol–water partition coefficient (Wildman–Crippen LogP) is 0.314. The van der Waals surface area contributed by atoms with E-state index in [9.17, 15) is 16.8 Å². The zero-order valence-electron chi connectivity index (χ0n) is 10.6. The maximum absolute atomic E-state index is 11.6. The number of hydrogen-bond donors (Lipinski definition) is 2. The second-order valence-corrected chi connectivity index (χ2v) is 9.17. The summed E-state index contributed by atoms with van der Waals surface area (Å²) in [6.07, 6.45) is 1.17. The van der Waals surface area contributed by atoms with E-state index in [0.29, 0.717) is 5.75 Å². The Labute approximate surface area is 117 Å². The van der Waals surface area contributed by atoms with Crippen LogP contribution in [-0.4, -0.2) is 41.6 Å². The van der Waals surface area contributed by atoms with Gasteiger partial charge < -0.3 is 5.73 Å². The van der Waals surface area contributed by atoms with Gasteiger partial charge in [0, 0.05) is 16.9 Å². The van der Waals surface area contributed by atoms with Gasteiger partial charge in [-0.3, -0.25) is 0 Å². The first-order valence-corrected chi connectivity index (χ1v) is 9.82. The van der Waals surface area contributed by atoms with Crippen molar-refractivity contribution in [2.45, 2.75) is 9.79 Å². The lowest BCUT2D eigenvalue weighted by atomic mass is 10.3. The lowest BCUT2D eigenvalue weighted by molar-refractivity contribution is 0.588. The topological polar surface area (TPSA) is 106 Å². The fraction of sp³-hybridized carbons (Fsp3) is 0.400. The van der Waals surface area contributed by atoms with Crippen LogP contribution < -0.4 is 10.5 Å². The van der Waals surface area contributed by atoms with Crippen molar-refractivity contribution in [1.82, 2.24) is 4.72 Å². The van der Waals surface area contributed by atoms with E-state index in [1.54, 1.807) is 6.07 Å². The van der Waals surface area contributed by atoms with Crippen molar-refractivity contribution >= 4 is 37.3 Å². The molecule has 0 spiro atoms. The van der Waals surface area contributed by atoms with E-state index >= 15 is 0 Å². The van der Waals surface area contributed by atoms with Gasteiger partial charge in [0.25, 0.3) is 0 Å². The SMILES string of the molecule is CNS(=O)(=O)c1ccc(SCCS(C)(=O)=O)cc1N. The fourth-order valence-corrected chi connectivity index (χ4v) is 4.27. The van der Waals surface area contributed by atoms with E-state index < -0.39 is 19.9 Å². The number of rotatable bonds is 6. The highest BCUT2D eigenvalue weighted by atomic mass is 32.2. The number of hydrogen-bond acceptors (Lipinski definition) is 6. The summed E-state index contributed by atoms with van der Waals surface area (Å²) in [5.41, 5.74) is 5.83. The molecule has 0 atom stereocenters. The van der Waals surface area contributed by atoms with Gasteiger partial charge in [-0.2, -0.15) is 0 Å². The lowest BCUT2D eigenvalue weighted by Gasteiger charge is -2.08. The van der Waals surface area contributed by atoms with Crippen LogP contribution in [-0.2, 0) is 19.9 Å². The molecule has 9 heteroatoms. The Morgan fingerprint density at radius 2 is 1.89 bits per heavy atom. The minimum absolute atomic E-state index is 0.0162. The minimum atomic E-state index is -3.57. The van der Waals surface area contributed by atoms with E-state index in [0.717, 1.165) is 4.90 Å². The molecular weight excluding hydrogens is 308 g/mol. The highest BCUT2D eigenvalue weighted by Crippen LogP contribution is 2.25. The van der Waals surface area contributed by atoms with Gasteiger partial charge in [0.05, 0.1) is 11.4 Å². The van der Waals surface area contributed by atoms with Crippen molar-refractivity contribution in [2.75, 3.05) is 30.5 Å². The van der Waals surface area contributed by atoms with Crippen LogP contribution in [0.1, 0.15) is 0 Å². The van der Waals surface area contributed by atoms with E-state index in [2.05, 4.69) is 4.72 Å². The van der Waals surface area contributed by atoms with Gasteiger partial charge in [0.2, 0.25) is 10.0 Å². The number of nitrogens with one attached hydrogen (secondary N) is 1. The molecule has 0 aromatic heterocycles. The van der Waals surface area contributed by atoms with Crippen LogP contribution in [0.3, 0.4) is 0 Å². The van der Waals surface area contributed by atoms with Crippen LogP contribution in [0.4, 0.5) is 5.69 Å². The van der Waals surface area contributed by atoms with Crippen molar-refractivity contribution in [2.24, 2.45) is 0 Å². The average Bonchev–Trinajstić information content (AvgIpc) is 2.27. The van der Waals surface area contributed by atoms with Crippen molar-refractivity contribution in [1.29, 1.82) is 0 Å². The van der Waals surface area contributed by atoms with Crippen molar-refractivity contribution in [3.63, 3.8) is 0 Å². The third-order valence-electron chi connectivity index (χ3n) is 2.26. The molecule has 1 aromatic rings. The molecule has 0 aliphatic heterocycles. The van der Waals surface area contributed by atoms with Crippen LogP contribution in [0.2, 0.25) is 0 Å². The first-order valence-electron chi connectivity index (χ1n) is 5.29. The molecule has 108 valence electrons. The first-order chi connectivity index (χ1) is 8.65. The minimum Gasteiger partial charge on any atom is -0.398 e. The van der Waals surface area contributed by atoms with Gasteiger partial charge in [-0.1, -0.05) is 0 Å². The smallest absolute Gasteiger partial charge is 0.242 e. The second-order valence-electron chi connectivity index (χ2n) is 3.89. The molecule has 0 heterocycles. The van der Waals surface area contributed by atoms with Gasteiger partial charge in [-0.05, 0) is 25.2 Å². The molecule has 0 saturated heterocycles. The normalized spacial score (nSPS) is 12.5. The monoisotopic (exact) mass is 324 g/mol. The summed E-state index contributed by atoms with van der Waals surface area (Å²) in [6, 6.07) is 4.54. The predicted molar refractivity (Wildman–Crippen MR) is 77.5 cm³/mol. The van der Waals surface area contributed by atoms with Gasteiger partial charge in [-0.25, -0.2) is 21.6 Å². The summed E-state index contributed by atoms with van der Waals surface area (Å²) < 4.78 is 47.4. The molecule has 6 nitrogen and oxygen atoms in total. The Morgan fingerprint density at radius 1 is 1.26 bits per heavy atom. The highest BCUT2D eigenvalue weighted by Gasteiger charge is 2.15. The molecule has 1 aromatic carbocycles. The average molecular weight is 324 g/mol. The number of benzene rings is 1. The van der Waals surface area contributed by atoms with E-state index in [1.807, 2.05) is 0 Å². The molecule has 19 heavy (non-hydrogen) atoms. The zero-order chi connectivity index (χ0) is 14.7. The molecule has 0 radical (unpaired) electrons. The standard InChI is InChI=1S/C10H16N2O4S3/c1-12-19(15,16)10-4-3-8(7-9(10)11)17-5-6-18(2,13)14/h3-4,7,12H,5-6,11H2,1-2H3. The first kappa shape index (κ1) is 16.3. The third-order valence-corrected chi connectivity index (χ3v) is 5.95. The van der Waals surface area contributed by atoms with Crippen LogP contribution in [0.5, 0.6) is 0 Å². The number of nitrogen functional groups attached to an aromatic ring is 1. The molecule has 0 saturated carbocycles. The molecule has 0 unspecified atom stereocenters. The van der Waals surface area contributed by atoms with Crippen molar-refractivity contribution in [3.8, 4) is 0 Å². The van der Waals surface area contributed by atoms with E-state index in [4.69, 9.17) is 5.73 Å². The maximum atomic E-state index is 11.6.